The van der Waals surface area contributed by atoms with Gasteiger partial charge in [-0.2, -0.15) is 0 Å². The van der Waals surface area contributed by atoms with Gasteiger partial charge >= 0.3 is 0 Å². The zero-order chi connectivity index (χ0) is 16.5. The van der Waals surface area contributed by atoms with E-state index in [1.807, 2.05) is 6.92 Å². The quantitative estimate of drug-likeness (QED) is 0.291. The molecule has 0 bridgehead atoms. The Kier molecular flexibility index (Phi) is 8.27. The topological polar surface area (TPSA) is 105 Å². The second-order valence-electron chi connectivity index (χ2n) is 5.79. The van der Waals surface area contributed by atoms with E-state index in [2.05, 4.69) is 17.4 Å². The fourth-order valence-electron chi connectivity index (χ4n) is 3.08. The lowest BCUT2D eigenvalue weighted by molar-refractivity contribution is -0.122. The van der Waals surface area contributed by atoms with Crippen LogP contribution in [0.4, 0.5) is 0 Å². The van der Waals surface area contributed by atoms with Gasteiger partial charge in [0.1, 0.15) is 0 Å². The summed E-state index contributed by atoms with van der Waals surface area (Å²) in [6.07, 6.45) is 4.83. The van der Waals surface area contributed by atoms with Crippen molar-refractivity contribution in [3.63, 3.8) is 0 Å². The molecule has 0 aliphatic heterocycles. The zero-order valence-corrected chi connectivity index (χ0v) is 13.7. The van der Waals surface area contributed by atoms with Crippen molar-refractivity contribution in [1.29, 1.82) is 0 Å². The molecule has 0 saturated carbocycles. The van der Waals surface area contributed by atoms with Crippen LogP contribution in [0.5, 0.6) is 0 Å². The molecule has 0 fully saturated rings. The number of unbranched alkanes of at least 4 members (excludes halogenated alkanes) is 2. The molecule has 126 valence electrons. The fraction of sp³-hybridized carbons (Fsp3) is 0.812. The zero-order valence-electron chi connectivity index (χ0n) is 13.7. The lowest BCUT2D eigenvalue weighted by Gasteiger charge is -2.09. The maximum atomic E-state index is 11.5. The first-order chi connectivity index (χ1) is 10.6. The van der Waals surface area contributed by atoms with Gasteiger partial charge in [0.2, 0.25) is 5.91 Å². The van der Waals surface area contributed by atoms with Gasteiger partial charge in [-0.1, -0.05) is 36.9 Å². The highest BCUT2D eigenvalue weighted by Crippen LogP contribution is 2.46. The largest absolute Gasteiger partial charge is 0.387 e. The number of nitroso groups, excluding NO2 is 1. The van der Waals surface area contributed by atoms with Crippen molar-refractivity contribution in [2.75, 3.05) is 13.1 Å². The molecule has 0 aromatic carbocycles. The van der Waals surface area contributed by atoms with Crippen LogP contribution in [-0.4, -0.2) is 36.2 Å². The van der Waals surface area contributed by atoms with E-state index in [1.54, 1.807) is 0 Å². The number of aliphatic hydroxyl groups excluding tert-OH is 1. The van der Waals surface area contributed by atoms with Gasteiger partial charge < -0.3 is 16.2 Å². The summed E-state index contributed by atoms with van der Waals surface area (Å²) in [5.74, 6) is 0.148. The van der Waals surface area contributed by atoms with Crippen LogP contribution in [-0.2, 0) is 4.79 Å². The van der Waals surface area contributed by atoms with Crippen LogP contribution in [0.3, 0.4) is 0 Å². The molecule has 0 aromatic rings. The molecule has 3 atom stereocenters. The molecule has 1 aliphatic rings. The number of hydrogen-bond acceptors (Lipinski definition) is 5. The Bertz CT molecular complexity index is 409. The van der Waals surface area contributed by atoms with Gasteiger partial charge in [0, 0.05) is 19.0 Å². The number of carbonyl (C=O) groups is 1. The number of rotatable bonds is 12. The molecule has 3 unspecified atom stereocenters. The molecular weight excluding hydrogens is 282 g/mol. The van der Waals surface area contributed by atoms with Gasteiger partial charge in [-0.15, -0.1) is 4.91 Å². The smallest absolute Gasteiger partial charge is 0.248 e. The second kappa shape index (κ2) is 9.69. The van der Waals surface area contributed by atoms with Crippen LogP contribution < -0.4 is 11.1 Å². The molecule has 0 spiro atoms. The maximum Gasteiger partial charge on any atom is 0.248 e. The summed E-state index contributed by atoms with van der Waals surface area (Å²) in [5, 5.41) is 15.3. The van der Waals surface area contributed by atoms with Crippen LogP contribution >= 0.6 is 0 Å². The number of carbonyl (C=O) groups excluding carboxylic acids is 1. The number of nitrogens with two attached hydrogens (primary N) is 1. The van der Waals surface area contributed by atoms with Crippen molar-refractivity contribution < 1.29 is 9.90 Å². The van der Waals surface area contributed by atoms with Crippen molar-refractivity contribution in [1.82, 2.24) is 5.32 Å². The third-order valence-electron chi connectivity index (χ3n) is 4.30. The number of likely N-dealkylation sites (N-methyl/N-ethyl adjacent to an activating group) is 1. The molecule has 0 saturated heterocycles. The number of aliphatic hydroxyl groups is 1. The maximum absolute atomic E-state index is 11.5. The van der Waals surface area contributed by atoms with E-state index >= 15 is 0 Å². The number of amides is 1. The van der Waals surface area contributed by atoms with Crippen LogP contribution in [0.15, 0.2) is 16.3 Å². The lowest BCUT2D eigenvalue weighted by Crippen LogP contribution is -2.32. The SMILES string of the molecule is CCNC(=O)C(CCCCCC1C(CC)=C1C(O)CN)N=O. The summed E-state index contributed by atoms with van der Waals surface area (Å²) in [4.78, 5) is 22.2. The predicted molar refractivity (Wildman–Crippen MR) is 87.2 cm³/mol. The van der Waals surface area contributed by atoms with E-state index < -0.39 is 12.1 Å². The number of nitrogens with one attached hydrogen (secondary N) is 1. The number of allylic oxidation sites excluding steroid dienone is 1. The highest BCUT2D eigenvalue weighted by molar-refractivity contribution is 5.81. The first-order valence-corrected chi connectivity index (χ1v) is 8.31. The highest BCUT2D eigenvalue weighted by atomic mass is 16.3. The summed E-state index contributed by atoms with van der Waals surface area (Å²) in [5.41, 5.74) is 8.00. The third kappa shape index (κ3) is 5.18. The average molecular weight is 311 g/mol. The van der Waals surface area contributed by atoms with Gasteiger partial charge in [-0.05, 0) is 31.8 Å². The van der Waals surface area contributed by atoms with Gasteiger partial charge in [-0.25, -0.2) is 0 Å². The minimum atomic E-state index is -0.764. The molecule has 22 heavy (non-hydrogen) atoms. The molecule has 0 radical (unpaired) electrons. The summed E-state index contributed by atoms with van der Waals surface area (Å²) in [6, 6.07) is -0.764. The third-order valence-corrected chi connectivity index (χ3v) is 4.30. The summed E-state index contributed by atoms with van der Waals surface area (Å²) in [6.45, 7) is 4.73. The van der Waals surface area contributed by atoms with Crippen LogP contribution in [0, 0.1) is 10.8 Å². The Hall–Kier alpha value is -1.27. The molecule has 4 N–H and O–H groups in total. The summed E-state index contributed by atoms with van der Waals surface area (Å²) >= 11 is 0. The standard InChI is InChI=1S/C16H29N3O3/c1-3-11-12(15(11)14(20)10-17)8-6-5-7-9-13(19-22)16(21)18-4-2/h12-14,20H,3-10,17H2,1-2H3,(H,18,21). The van der Waals surface area contributed by atoms with Crippen molar-refractivity contribution in [3.8, 4) is 0 Å². The van der Waals surface area contributed by atoms with Crippen molar-refractivity contribution in [2.45, 2.75) is 64.5 Å². The number of nitrogens with zero attached hydrogens (tertiary/aromatic N) is 1. The van der Waals surface area contributed by atoms with E-state index in [-0.39, 0.29) is 12.5 Å². The Morgan fingerprint density at radius 3 is 2.64 bits per heavy atom. The van der Waals surface area contributed by atoms with E-state index in [0.29, 0.717) is 18.9 Å². The van der Waals surface area contributed by atoms with Crippen molar-refractivity contribution >= 4 is 5.91 Å². The monoisotopic (exact) mass is 311 g/mol. The minimum absolute atomic E-state index is 0.275. The number of hydrogen-bond donors (Lipinski definition) is 3. The molecule has 6 nitrogen and oxygen atoms in total. The van der Waals surface area contributed by atoms with Crippen LogP contribution in [0.1, 0.15) is 52.4 Å². The van der Waals surface area contributed by atoms with Crippen molar-refractivity contribution in [3.05, 3.63) is 16.1 Å². The van der Waals surface area contributed by atoms with Crippen molar-refractivity contribution in [2.24, 2.45) is 16.8 Å². The summed E-state index contributed by atoms with van der Waals surface area (Å²) < 4.78 is 0. The molecular formula is C16H29N3O3. The van der Waals surface area contributed by atoms with E-state index in [1.165, 1.54) is 5.57 Å². The molecule has 0 heterocycles. The Balaban J connectivity index is 2.19. The average Bonchev–Trinajstić information content (AvgIpc) is 3.23. The van der Waals surface area contributed by atoms with Gasteiger partial charge in [0.25, 0.3) is 0 Å². The Morgan fingerprint density at radius 2 is 2.09 bits per heavy atom. The predicted octanol–water partition coefficient (Wildman–Crippen LogP) is 1.86. The van der Waals surface area contributed by atoms with E-state index in [4.69, 9.17) is 5.73 Å². The molecule has 1 amide bonds. The van der Waals surface area contributed by atoms with Crippen LogP contribution in [0.2, 0.25) is 0 Å². The highest BCUT2D eigenvalue weighted by Gasteiger charge is 2.37. The molecule has 6 heteroatoms. The van der Waals surface area contributed by atoms with Crippen LogP contribution in [0.25, 0.3) is 0 Å². The second-order valence-corrected chi connectivity index (χ2v) is 5.79. The first kappa shape index (κ1) is 18.8. The molecule has 1 rings (SSSR count). The Labute approximate surface area is 132 Å². The van der Waals surface area contributed by atoms with E-state index in [9.17, 15) is 14.8 Å². The van der Waals surface area contributed by atoms with E-state index in [0.717, 1.165) is 37.7 Å². The minimum Gasteiger partial charge on any atom is -0.387 e. The molecule has 1 aliphatic carbocycles. The van der Waals surface area contributed by atoms with Gasteiger partial charge in [-0.3, -0.25) is 4.79 Å². The Morgan fingerprint density at radius 1 is 1.36 bits per heavy atom. The van der Waals surface area contributed by atoms with Gasteiger partial charge in [0.05, 0.1) is 6.10 Å². The lowest BCUT2D eigenvalue weighted by atomic mass is 10.0. The summed E-state index contributed by atoms with van der Waals surface area (Å²) in [7, 11) is 0. The normalized spacial score (nSPS) is 19.7. The fourth-order valence-corrected chi connectivity index (χ4v) is 3.08. The first-order valence-electron chi connectivity index (χ1n) is 8.31. The molecule has 0 aromatic heterocycles. The van der Waals surface area contributed by atoms with Gasteiger partial charge in [0.15, 0.2) is 6.04 Å².